The van der Waals surface area contributed by atoms with E-state index in [9.17, 15) is 4.79 Å². The van der Waals surface area contributed by atoms with E-state index in [2.05, 4.69) is 62.4 Å². The van der Waals surface area contributed by atoms with E-state index >= 15 is 0 Å². The van der Waals surface area contributed by atoms with Gasteiger partial charge in [0, 0.05) is 17.6 Å². The number of ketones is 1. The maximum atomic E-state index is 12.2. The van der Waals surface area contributed by atoms with Crippen LogP contribution in [0.25, 0.3) is 12.2 Å². The summed E-state index contributed by atoms with van der Waals surface area (Å²) >= 11 is 0. The number of allylic oxidation sites excluding steroid dienone is 2. The zero-order valence-electron chi connectivity index (χ0n) is 12.4. The molecule has 2 aromatic carbocycles. The number of aryl methyl sites for hydroxylation is 2. The fraction of sp³-hybridized carbons (Fsp3) is 0.150. The van der Waals surface area contributed by atoms with Crippen molar-refractivity contribution in [1.29, 1.82) is 0 Å². The van der Waals surface area contributed by atoms with Crippen LogP contribution in [-0.4, -0.2) is 5.78 Å². The summed E-state index contributed by atoms with van der Waals surface area (Å²) in [4.78, 5) is 12.2. The van der Waals surface area contributed by atoms with Gasteiger partial charge in [-0.1, -0.05) is 59.7 Å². The Morgan fingerprint density at radius 1 is 0.714 bits per heavy atom. The second-order valence-electron chi connectivity index (χ2n) is 5.67. The number of Topliss-reactive ketones (excluding diaryl/α,β-unsaturated/α-hetero) is 1. The molecule has 0 N–H and O–H groups in total. The maximum absolute atomic E-state index is 12.2. The van der Waals surface area contributed by atoms with Gasteiger partial charge in [0.2, 0.25) is 0 Å². The molecule has 1 fully saturated rings. The molecule has 1 nitrogen and oxygen atoms in total. The van der Waals surface area contributed by atoms with Crippen molar-refractivity contribution in [1.82, 2.24) is 0 Å². The van der Waals surface area contributed by atoms with Crippen LogP contribution in [0.3, 0.4) is 0 Å². The van der Waals surface area contributed by atoms with E-state index < -0.39 is 0 Å². The van der Waals surface area contributed by atoms with E-state index in [1.54, 1.807) is 0 Å². The first-order valence-corrected chi connectivity index (χ1v) is 7.21. The molecule has 0 atom stereocenters. The lowest BCUT2D eigenvalue weighted by Crippen LogP contribution is -2.18. The fourth-order valence-electron chi connectivity index (χ4n) is 2.43. The van der Waals surface area contributed by atoms with Gasteiger partial charge >= 0.3 is 0 Å². The minimum absolute atomic E-state index is 0.177. The van der Waals surface area contributed by atoms with Crippen molar-refractivity contribution in [3.05, 3.63) is 81.9 Å². The standard InChI is InChI=1S/C20H18O/c1-14-3-7-16(8-4-14)11-18-13-19(20(18)21)12-17-9-5-15(2)6-10-17/h3-12H,13H2,1-2H3/b18-11-,19-12-. The third-order valence-electron chi connectivity index (χ3n) is 3.80. The summed E-state index contributed by atoms with van der Waals surface area (Å²) in [5, 5.41) is 0. The van der Waals surface area contributed by atoms with Crippen LogP contribution in [0, 0.1) is 13.8 Å². The highest BCUT2D eigenvalue weighted by atomic mass is 16.1. The fourth-order valence-corrected chi connectivity index (χ4v) is 2.43. The summed E-state index contributed by atoms with van der Waals surface area (Å²) in [6.45, 7) is 4.13. The van der Waals surface area contributed by atoms with E-state index in [1.165, 1.54) is 11.1 Å². The molecule has 1 saturated carbocycles. The molecular formula is C20H18O. The van der Waals surface area contributed by atoms with Crippen molar-refractivity contribution in [3.63, 3.8) is 0 Å². The first-order chi connectivity index (χ1) is 10.1. The van der Waals surface area contributed by atoms with Gasteiger partial charge in [0.05, 0.1) is 0 Å². The van der Waals surface area contributed by atoms with Gasteiger partial charge in [0.25, 0.3) is 0 Å². The van der Waals surface area contributed by atoms with Gasteiger partial charge in [-0.25, -0.2) is 0 Å². The van der Waals surface area contributed by atoms with Crippen LogP contribution in [0.4, 0.5) is 0 Å². The van der Waals surface area contributed by atoms with E-state index in [4.69, 9.17) is 0 Å². The molecule has 1 heteroatoms. The molecule has 21 heavy (non-hydrogen) atoms. The van der Waals surface area contributed by atoms with Crippen LogP contribution in [0.1, 0.15) is 28.7 Å². The molecule has 0 unspecified atom stereocenters. The Labute approximate surface area is 125 Å². The van der Waals surface area contributed by atoms with E-state index in [-0.39, 0.29) is 5.78 Å². The molecule has 0 aliphatic heterocycles. The Kier molecular flexibility index (Phi) is 3.57. The number of hydrogen-bond acceptors (Lipinski definition) is 1. The van der Waals surface area contributed by atoms with Crippen LogP contribution >= 0.6 is 0 Å². The lowest BCUT2D eigenvalue weighted by atomic mass is 9.82. The average Bonchev–Trinajstić information content (AvgIpc) is 2.49. The first kappa shape index (κ1) is 13.6. The lowest BCUT2D eigenvalue weighted by Gasteiger charge is -2.20. The van der Waals surface area contributed by atoms with E-state index in [0.29, 0.717) is 0 Å². The third-order valence-corrected chi connectivity index (χ3v) is 3.80. The quantitative estimate of drug-likeness (QED) is 0.723. The second-order valence-corrected chi connectivity index (χ2v) is 5.67. The van der Waals surface area contributed by atoms with Gasteiger partial charge in [0.15, 0.2) is 5.78 Å². The van der Waals surface area contributed by atoms with Gasteiger partial charge in [-0.2, -0.15) is 0 Å². The maximum Gasteiger partial charge on any atom is 0.185 e. The highest BCUT2D eigenvalue weighted by Crippen LogP contribution is 2.31. The minimum Gasteiger partial charge on any atom is -0.289 e. The Balaban J connectivity index is 1.75. The van der Waals surface area contributed by atoms with E-state index in [1.807, 2.05) is 12.2 Å². The summed E-state index contributed by atoms with van der Waals surface area (Å²) in [5.74, 6) is 0.177. The molecule has 3 rings (SSSR count). The zero-order chi connectivity index (χ0) is 14.8. The van der Waals surface area contributed by atoms with Crippen molar-refractivity contribution in [2.45, 2.75) is 20.3 Å². The molecule has 0 saturated heterocycles. The van der Waals surface area contributed by atoms with Crippen molar-refractivity contribution < 1.29 is 4.79 Å². The van der Waals surface area contributed by atoms with Gasteiger partial charge in [-0.05, 0) is 37.1 Å². The average molecular weight is 274 g/mol. The summed E-state index contributed by atoms with van der Waals surface area (Å²) in [7, 11) is 0. The molecule has 104 valence electrons. The molecule has 2 aromatic rings. The third kappa shape index (κ3) is 3.03. The number of rotatable bonds is 2. The Morgan fingerprint density at radius 2 is 1.10 bits per heavy atom. The van der Waals surface area contributed by atoms with Crippen LogP contribution in [-0.2, 0) is 4.79 Å². The Morgan fingerprint density at radius 3 is 1.43 bits per heavy atom. The van der Waals surface area contributed by atoms with Crippen LogP contribution in [0.15, 0.2) is 59.7 Å². The second kappa shape index (κ2) is 5.53. The Hall–Kier alpha value is -2.41. The molecule has 0 bridgehead atoms. The smallest absolute Gasteiger partial charge is 0.185 e. The van der Waals surface area contributed by atoms with Crippen molar-refractivity contribution in [3.8, 4) is 0 Å². The molecule has 0 heterocycles. The van der Waals surface area contributed by atoms with Crippen molar-refractivity contribution in [2.24, 2.45) is 0 Å². The molecule has 1 aliphatic rings. The molecule has 0 amide bonds. The van der Waals surface area contributed by atoms with Crippen molar-refractivity contribution in [2.75, 3.05) is 0 Å². The lowest BCUT2D eigenvalue weighted by molar-refractivity contribution is -0.114. The van der Waals surface area contributed by atoms with Crippen LogP contribution in [0.5, 0.6) is 0 Å². The number of carbonyl (C=O) groups is 1. The van der Waals surface area contributed by atoms with Gasteiger partial charge in [-0.3, -0.25) is 4.79 Å². The minimum atomic E-state index is 0.177. The van der Waals surface area contributed by atoms with Crippen molar-refractivity contribution >= 4 is 17.9 Å². The van der Waals surface area contributed by atoms with Crippen LogP contribution < -0.4 is 0 Å². The topological polar surface area (TPSA) is 17.1 Å². The highest BCUT2D eigenvalue weighted by molar-refractivity contribution is 6.20. The summed E-state index contributed by atoms with van der Waals surface area (Å²) < 4.78 is 0. The largest absolute Gasteiger partial charge is 0.289 e. The van der Waals surface area contributed by atoms with Gasteiger partial charge in [0.1, 0.15) is 0 Å². The SMILES string of the molecule is Cc1ccc(/C=C2/C/C(=C/c3ccc(C)cc3)C2=O)cc1. The Bertz CT molecular complexity index is 665. The van der Waals surface area contributed by atoms with Gasteiger partial charge < -0.3 is 0 Å². The van der Waals surface area contributed by atoms with Gasteiger partial charge in [-0.15, -0.1) is 0 Å². The molecular weight excluding hydrogens is 256 g/mol. The number of benzene rings is 2. The molecule has 0 aromatic heterocycles. The molecule has 1 aliphatic carbocycles. The predicted molar refractivity (Wildman–Crippen MR) is 87.9 cm³/mol. The zero-order valence-corrected chi connectivity index (χ0v) is 12.4. The summed E-state index contributed by atoms with van der Waals surface area (Å²) in [6, 6.07) is 16.5. The highest BCUT2D eigenvalue weighted by Gasteiger charge is 2.26. The predicted octanol–water partition coefficient (Wildman–Crippen LogP) is 4.74. The molecule has 0 radical (unpaired) electrons. The van der Waals surface area contributed by atoms with E-state index in [0.717, 1.165) is 28.7 Å². The number of carbonyl (C=O) groups excluding carboxylic acids is 1. The number of hydrogen-bond donors (Lipinski definition) is 0. The summed E-state index contributed by atoms with van der Waals surface area (Å²) in [6.07, 6.45) is 4.75. The monoisotopic (exact) mass is 274 g/mol. The summed E-state index contributed by atoms with van der Waals surface area (Å²) in [5.41, 5.74) is 6.46. The molecule has 0 spiro atoms. The normalized spacial score (nSPS) is 18.1. The van der Waals surface area contributed by atoms with Crippen LogP contribution in [0.2, 0.25) is 0 Å². The first-order valence-electron chi connectivity index (χ1n) is 7.21.